The van der Waals surface area contributed by atoms with Gasteiger partial charge in [-0.2, -0.15) is 0 Å². The highest BCUT2D eigenvalue weighted by atomic mass is 16.1. The molecule has 1 atom stereocenters. The van der Waals surface area contributed by atoms with Crippen molar-refractivity contribution in [3.8, 4) is 0 Å². The van der Waals surface area contributed by atoms with Crippen molar-refractivity contribution in [2.24, 2.45) is 11.8 Å². The molecule has 0 aliphatic heterocycles. The minimum atomic E-state index is 0.492. The van der Waals surface area contributed by atoms with Gasteiger partial charge in [0, 0.05) is 12.8 Å². The third-order valence-electron chi connectivity index (χ3n) is 3.17. The second kappa shape index (κ2) is 4.64. The summed E-state index contributed by atoms with van der Waals surface area (Å²) in [6.07, 6.45) is 6.73. The number of carbonyl (C=O) groups is 1. The first-order valence-corrected chi connectivity index (χ1v) is 5.27. The van der Waals surface area contributed by atoms with Gasteiger partial charge in [0.15, 0.2) is 0 Å². The molecule has 1 heteroatoms. The molecule has 0 aromatic rings. The number of rotatable bonds is 4. The SMILES string of the molecule is CCC(CC)CC1CCC(=O)C1. The largest absolute Gasteiger partial charge is 0.300 e. The monoisotopic (exact) mass is 168 g/mol. The van der Waals surface area contributed by atoms with Crippen LogP contribution in [-0.2, 0) is 4.79 Å². The Kier molecular flexibility index (Phi) is 3.77. The third kappa shape index (κ3) is 2.62. The molecule has 1 aliphatic carbocycles. The molecule has 0 N–H and O–H groups in total. The maximum atomic E-state index is 11.0. The zero-order valence-corrected chi connectivity index (χ0v) is 8.31. The smallest absolute Gasteiger partial charge is 0.133 e. The summed E-state index contributed by atoms with van der Waals surface area (Å²) in [5.74, 6) is 2.08. The van der Waals surface area contributed by atoms with Crippen LogP contribution in [0.25, 0.3) is 0 Å². The van der Waals surface area contributed by atoms with E-state index in [1.54, 1.807) is 0 Å². The normalized spacial score (nSPS) is 23.9. The van der Waals surface area contributed by atoms with Gasteiger partial charge in [0.25, 0.3) is 0 Å². The molecule has 0 amide bonds. The lowest BCUT2D eigenvalue weighted by atomic mass is 9.90. The Bertz CT molecular complexity index is 147. The molecule has 0 aromatic carbocycles. The van der Waals surface area contributed by atoms with Crippen LogP contribution < -0.4 is 0 Å². The van der Waals surface area contributed by atoms with Gasteiger partial charge in [-0.15, -0.1) is 0 Å². The summed E-state index contributed by atoms with van der Waals surface area (Å²) in [6.45, 7) is 4.51. The second-order valence-electron chi connectivity index (χ2n) is 4.07. The molecule has 0 saturated heterocycles. The highest BCUT2D eigenvalue weighted by Crippen LogP contribution is 2.30. The van der Waals surface area contributed by atoms with Crippen molar-refractivity contribution >= 4 is 5.78 Å². The summed E-state index contributed by atoms with van der Waals surface area (Å²) in [5, 5.41) is 0. The zero-order chi connectivity index (χ0) is 8.97. The van der Waals surface area contributed by atoms with Crippen LogP contribution >= 0.6 is 0 Å². The summed E-state index contributed by atoms with van der Waals surface area (Å²) in [5.41, 5.74) is 0. The van der Waals surface area contributed by atoms with E-state index in [2.05, 4.69) is 13.8 Å². The van der Waals surface area contributed by atoms with Gasteiger partial charge in [-0.1, -0.05) is 26.7 Å². The average molecular weight is 168 g/mol. The zero-order valence-electron chi connectivity index (χ0n) is 8.31. The second-order valence-corrected chi connectivity index (χ2v) is 4.07. The quantitative estimate of drug-likeness (QED) is 0.630. The Morgan fingerprint density at radius 2 is 2.08 bits per heavy atom. The lowest BCUT2D eigenvalue weighted by Gasteiger charge is -2.16. The van der Waals surface area contributed by atoms with E-state index in [0.717, 1.165) is 31.1 Å². The average Bonchev–Trinajstić information content (AvgIpc) is 2.47. The van der Waals surface area contributed by atoms with Crippen LogP contribution in [-0.4, -0.2) is 5.78 Å². The lowest BCUT2D eigenvalue weighted by molar-refractivity contribution is -0.117. The Hall–Kier alpha value is -0.330. The van der Waals surface area contributed by atoms with Gasteiger partial charge in [0.1, 0.15) is 5.78 Å². The molecule has 0 bridgehead atoms. The van der Waals surface area contributed by atoms with E-state index in [1.165, 1.54) is 19.3 Å². The van der Waals surface area contributed by atoms with Gasteiger partial charge in [0.05, 0.1) is 0 Å². The van der Waals surface area contributed by atoms with Crippen molar-refractivity contribution < 1.29 is 4.79 Å². The summed E-state index contributed by atoms with van der Waals surface area (Å²) < 4.78 is 0. The topological polar surface area (TPSA) is 17.1 Å². The van der Waals surface area contributed by atoms with Crippen molar-refractivity contribution in [3.63, 3.8) is 0 Å². The molecule has 0 spiro atoms. The predicted molar refractivity (Wildman–Crippen MR) is 51.0 cm³/mol. The maximum Gasteiger partial charge on any atom is 0.133 e. The van der Waals surface area contributed by atoms with Crippen molar-refractivity contribution in [3.05, 3.63) is 0 Å². The lowest BCUT2D eigenvalue weighted by Crippen LogP contribution is -2.05. The van der Waals surface area contributed by atoms with Crippen molar-refractivity contribution in [2.45, 2.75) is 52.4 Å². The molecule has 0 radical (unpaired) electrons. The van der Waals surface area contributed by atoms with Gasteiger partial charge in [-0.05, 0) is 24.7 Å². The number of Topliss-reactive ketones (excluding diaryl/α,β-unsaturated/α-hetero) is 1. The molecule has 0 heterocycles. The first kappa shape index (κ1) is 9.76. The molecular weight excluding hydrogens is 148 g/mol. The van der Waals surface area contributed by atoms with E-state index in [-0.39, 0.29) is 0 Å². The van der Waals surface area contributed by atoms with E-state index in [9.17, 15) is 4.79 Å². The van der Waals surface area contributed by atoms with Crippen molar-refractivity contribution in [1.29, 1.82) is 0 Å². The minimum absolute atomic E-state index is 0.492. The molecule has 1 unspecified atom stereocenters. The standard InChI is InChI=1S/C11H20O/c1-3-9(4-2)7-10-5-6-11(12)8-10/h9-10H,3-8H2,1-2H3. The number of ketones is 1. The van der Waals surface area contributed by atoms with E-state index < -0.39 is 0 Å². The highest BCUT2D eigenvalue weighted by molar-refractivity contribution is 5.80. The van der Waals surface area contributed by atoms with Crippen molar-refractivity contribution in [1.82, 2.24) is 0 Å². The summed E-state index contributed by atoms with van der Waals surface area (Å²) in [7, 11) is 0. The Balaban J connectivity index is 2.26. The fraction of sp³-hybridized carbons (Fsp3) is 0.909. The highest BCUT2D eigenvalue weighted by Gasteiger charge is 2.23. The predicted octanol–water partition coefficient (Wildman–Crippen LogP) is 3.18. The summed E-state index contributed by atoms with van der Waals surface area (Å²) in [4.78, 5) is 11.0. The maximum absolute atomic E-state index is 11.0. The summed E-state index contributed by atoms with van der Waals surface area (Å²) >= 11 is 0. The van der Waals surface area contributed by atoms with Crippen LogP contribution in [0.15, 0.2) is 0 Å². The molecule has 12 heavy (non-hydrogen) atoms. The van der Waals surface area contributed by atoms with Crippen LogP contribution in [0, 0.1) is 11.8 Å². The Morgan fingerprint density at radius 3 is 2.50 bits per heavy atom. The molecule has 1 aliphatic rings. The van der Waals surface area contributed by atoms with Crippen molar-refractivity contribution in [2.75, 3.05) is 0 Å². The van der Waals surface area contributed by atoms with Gasteiger partial charge in [0.2, 0.25) is 0 Å². The van der Waals surface area contributed by atoms with Crippen LogP contribution in [0.1, 0.15) is 52.4 Å². The third-order valence-corrected chi connectivity index (χ3v) is 3.17. The van der Waals surface area contributed by atoms with Gasteiger partial charge < -0.3 is 0 Å². The van der Waals surface area contributed by atoms with Crippen LogP contribution in [0.5, 0.6) is 0 Å². The summed E-state index contributed by atoms with van der Waals surface area (Å²) in [6, 6.07) is 0. The van der Waals surface area contributed by atoms with Gasteiger partial charge >= 0.3 is 0 Å². The Labute approximate surface area is 75.5 Å². The fourth-order valence-electron chi connectivity index (χ4n) is 2.19. The number of carbonyl (C=O) groups excluding carboxylic acids is 1. The van der Waals surface area contributed by atoms with E-state index in [1.807, 2.05) is 0 Å². The van der Waals surface area contributed by atoms with Crippen LogP contribution in [0.3, 0.4) is 0 Å². The minimum Gasteiger partial charge on any atom is -0.300 e. The van der Waals surface area contributed by atoms with Crippen LogP contribution in [0.4, 0.5) is 0 Å². The van der Waals surface area contributed by atoms with Crippen LogP contribution in [0.2, 0.25) is 0 Å². The first-order chi connectivity index (χ1) is 5.76. The molecular formula is C11H20O. The molecule has 1 nitrogen and oxygen atoms in total. The number of hydrogen-bond acceptors (Lipinski definition) is 1. The van der Waals surface area contributed by atoms with E-state index >= 15 is 0 Å². The molecule has 1 saturated carbocycles. The molecule has 1 fully saturated rings. The fourth-order valence-corrected chi connectivity index (χ4v) is 2.19. The van der Waals surface area contributed by atoms with E-state index in [4.69, 9.17) is 0 Å². The molecule has 70 valence electrons. The van der Waals surface area contributed by atoms with Gasteiger partial charge in [-0.3, -0.25) is 4.79 Å². The van der Waals surface area contributed by atoms with Gasteiger partial charge in [-0.25, -0.2) is 0 Å². The molecule has 1 rings (SSSR count). The first-order valence-electron chi connectivity index (χ1n) is 5.27. The van der Waals surface area contributed by atoms with E-state index in [0.29, 0.717) is 5.78 Å². The Morgan fingerprint density at radius 1 is 1.42 bits per heavy atom. The number of hydrogen-bond donors (Lipinski definition) is 0. The molecule has 0 aromatic heterocycles.